The van der Waals surface area contributed by atoms with Crippen molar-refractivity contribution < 1.29 is 37.3 Å². The van der Waals surface area contributed by atoms with Crippen LogP contribution in [0.4, 0.5) is 14.7 Å². The number of carbonyl (C=O) groups excluding carboxylic acids is 1. The summed E-state index contributed by atoms with van der Waals surface area (Å²) in [6.45, 7) is 0.462. The van der Waals surface area contributed by atoms with Crippen molar-refractivity contribution >= 4 is 12.2 Å². The summed E-state index contributed by atoms with van der Waals surface area (Å²) in [5.41, 5.74) is 0.791. The summed E-state index contributed by atoms with van der Waals surface area (Å²) in [5, 5.41) is 0. The minimum absolute atomic E-state index is 0.0908. The first-order chi connectivity index (χ1) is 17.3. The first kappa shape index (κ1) is 26.5. The summed E-state index contributed by atoms with van der Waals surface area (Å²) >= 11 is 0. The van der Waals surface area contributed by atoms with E-state index in [1.807, 2.05) is 12.1 Å². The molecule has 0 spiro atoms. The number of ether oxygens (including phenoxy) is 5. The second kappa shape index (κ2) is 11.5. The van der Waals surface area contributed by atoms with Crippen LogP contribution in [0.15, 0.2) is 42.6 Å². The van der Waals surface area contributed by atoms with Gasteiger partial charge in [-0.1, -0.05) is 0 Å². The van der Waals surface area contributed by atoms with Crippen molar-refractivity contribution in [3.8, 4) is 28.9 Å². The van der Waals surface area contributed by atoms with E-state index >= 15 is 0 Å². The number of rotatable bonds is 12. The van der Waals surface area contributed by atoms with E-state index in [0.29, 0.717) is 23.0 Å². The summed E-state index contributed by atoms with van der Waals surface area (Å²) in [5.74, 6) is -1.80. The molecule has 36 heavy (non-hydrogen) atoms. The van der Waals surface area contributed by atoms with Gasteiger partial charge in [0.05, 0.1) is 35.5 Å². The molecule has 3 aromatic rings. The average Bonchev–Trinajstić information content (AvgIpc) is 2.92. The van der Waals surface area contributed by atoms with Gasteiger partial charge in [0.25, 0.3) is 0 Å². The van der Waals surface area contributed by atoms with Gasteiger partial charge in [0.1, 0.15) is 28.6 Å². The fraction of sp³-hybridized carbons (Fsp3) is 0.320. The zero-order chi connectivity index (χ0) is 26.3. The molecule has 0 fully saturated rings. The molecule has 0 aliphatic heterocycles. The van der Waals surface area contributed by atoms with E-state index in [0.717, 1.165) is 17.3 Å². The zero-order valence-corrected chi connectivity index (χ0v) is 20.6. The third kappa shape index (κ3) is 5.73. The van der Waals surface area contributed by atoms with E-state index in [4.69, 9.17) is 23.7 Å². The van der Waals surface area contributed by atoms with Crippen molar-refractivity contribution in [2.45, 2.75) is 19.0 Å². The van der Waals surface area contributed by atoms with Crippen molar-refractivity contribution in [1.82, 2.24) is 9.97 Å². The number of methoxy groups -OCH3 is 5. The molecule has 0 saturated heterocycles. The molecule has 0 atom stereocenters. The number of aldehydes is 1. The molecule has 0 unspecified atom stereocenters. The van der Waals surface area contributed by atoms with E-state index in [1.165, 1.54) is 21.3 Å². The van der Waals surface area contributed by atoms with Gasteiger partial charge in [-0.25, -0.2) is 4.98 Å². The van der Waals surface area contributed by atoms with Crippen LogP contribution < -0.4 is 28.6 Å². The zero-order valence-electron chi connectivity index (χ0n) is 20.6. The Hall–Kier alpha value is -4.15. The predicted octanol–water partition coefficient (Wildman–Crippen LogP) is 4.02. The first-order valence-corrected chi connectivity index (χ1v) is 10.7. The number of benzene rings is 2. The average molecular weight is 504 g/mol. The first-order valence-electron chi connectivity index (χ1n) is 10.7. The fourth-order valence-electron chi connectivity index (χ4n) is 3.53. The van der Waals surface area contributed by atoms with Gasteiger partial charge in [-0.05, 0) is 24.3 Å². The van der Waals surface area contributed by atoms with Crippen LogP contribution in [-0.4, -0.2) is 51.8 Å². The van der Waals surface area contributed by atoms with Crippen molar-refractivity contribution in [2.75, 3.05) is 40.4 Å². The van der Waals surface area contributed by atoms with Crippen molar-refractivity contribution in [3.63, 3.8) is 0 Å². The second-order valence-corrected chi connectivity index (χ2v) is 7.55. The minimum Gasteiger partial charge on any atom is -0.497 e. The molecule has 192 valence electrons. The van der Waals surface area contributed by atoms with E-state index in [2.05, 4.69) is 9.97 Å². The van der Waals surface area contributed by atoms with Crippen LogP contribution in [0.5, 0.6) is 28.9 Å². The molecule has 0 radical (unpaired) electrons. The summed E-state index contributed by atoms with van der Waals surface area (Å²) in [6.07, 6.45) is 0.412. The molecule has 1 aromatic heterocycles. The molecule has 9 nitrogen and oxygen atoms in total. The molecule has 0 bridgehead atoms. The SMILES string of the molecule is COc1ccc(CN(Cc2ccc(OC)cc2OC)c2ncc(C(F)(F)C=O)c(OC)n2)c(OC)c1. The van der Waals surface area contributed by atoms with Gasteiger partial charge >= 0.3 is 5.92 Å². The van der Waals surface area contributed by atoms with Gasteiger partial charge in [0.15, 0.2) is 6.29 Å². The molecule has 2 aromatic carbocycles. The maximum absolute atomic E-state index is 14.1. The summed E-state index contributed by atoms with van der Waals surface area (Å²) in [6, 6.07) is 10.7. The molecule has 1 heterocycles. The molecule has 3 rings (SSSR count). The molecule has 0 saturated carbocycles. The van der Waals surface area contributed by atoms with Gasteiger partial charge in [0.2, 0.25) is 11.8 Å². The number of hydrogen-bond donors (Lipinski definition) is 0. The standard InChI is InChI=1S/C25H27F2N3O6/c1-32-18-8-6-16(21(10-18)34-3)13-30(14-17-7-9-19(33-2)11-22(17)35-4)24-28-12-20(23(29-24)36-5)25(26,27)15-31/h6-12,15H,13-14H2,1-5H3. The number of halogens is 2. The van der Waals surface area contributed by atoms with Crippen LogP contribution in [0.2, 0.25) is 0 Å². The number of carbonyl (C=O) groups is 1. The third-order valence-electron chi connectivity index (χ3n) is 5.44. The summed E-state index contributed by atoms with van der Waals surface area (Å²) in [7, 11) is 7.36. The quantitative estimate of drug-likeness (QED) is 0.340. The van der Waals surface area contributed by atoms with Gasteiger partial charge in [-0.2, -0.15) is 13.8 Å². The van der Waals surface area contributed by atoms with Gasteiger partial charge < -0.3 is 28.6 Å². The van der Waals surface area contributed by atoms with Gasteiger partial charge in [-0.3, -0.25) is 4.79 Å². The number of hydrogen-bond acceptors (Lipinski definition) is 9. The van der Waals surface area contributed by atoms with E-state index < -0.39 is 23.7 Å². The Balaban J connectivity index is 2.09. The highest BCUT2D eigenvalue weighted by Gasteiger charge is 2.36. The minimum atomic E-state index is -3.80. The van der Waals surface area contributed by atoms with Crippen LogP contribution >= 0.6 is 0 Å². The highest BCUT2D eigenvalue weighted by Crippen LogP contribution is 2.34. The lowest BCUT2D eigenvalue weighted by molar-refractivity contribution is -0.130. The van der Waals surface area contributed by atoms with Crippen molar-refractivity contribution in [3.05, 3.63) is 59.3 Å². The Morgan fingerprint density at radius 1 is 0.833 bits per heavy atom. The van der Waals surface area contributed by atoms with Crippen LogP contribution in [-0.2, 0) is 23.8 Å². The third-order valence-corrected chi connectivity index (χ3v) is 5.44. The molecule has 11 heteroatoms. The molecule has 0 aliphatic carbocycles. The Bertz CT molecular complexity index is 1150. The van der Waals surface area contributed by atoms with Crippen molar-refractivity contribution in [1.29, 1.82) is 0 Å². The van der Waals surface area contributed by atoms with Crippen LogP contribution in [0.1, 0.15) is 16.7 Å². The van der Waals surface area contributed by atoms with Crippen LogP contribution in [0.3, 0.4) is 0 Å². The Kier molecular flexibility index (Phi) is 8.46. The number of aromatic nitrogens is 2. The molecular formula is C25H27F2N3O6. The smallest absolute Gasteiger partial charge is 0.334 e. The number of alkyl halides is 2. The van der Waals surface area contributed by atoms with Crippen molar-refractivity contribution in [2.24, 2.45) is 0 Å². The van der Waals surface area contributed by atoms with Gasteiger partial charge in [-0.15, -0.1) is 0 Å². The number of anilines is 1. The second-order valence-electron chi connectivity index (χ2n) is 7.55. The summed E-state index contributed by atoms with van der Waals surface area (Å²) in [4.78, 5) is 21.0. The fourth-order valence-corrected chi connectivity index (χ4v) is 3.53. The normalized spacial score (nSPS) is 11.0. The Morgan fingerprint density at radius 2 is 1.36 bits per heavy atom. The summed E-state index contributed by atoms with van der Waals surface area (Å²) < 4.78 is 54.9. The van der Waals surface area contributed by atoms with E-state index in [1.54, 1.807) is 43.4 Å². The van der Waals surface area contributed by atoms with E-state index in [-0.39, 0.29) is 19.0 Å². The maximum atomic E-state index is 14.1. The highest BCUT2D eigenvalue weighted by molar-refractivity contribution is 5.65. The van der Waals surface area contributed by atoms with E-state index in [9.17, 15) is 13.6 Å². The molecule has 0 amide bonds. The number of nitrogens with zero attached hydrogens (tertiary/aromatic N) is 3. The lowest BCUT2D eigenvalue weighted by atomic mass is 10.1. The lowest BCUT2D eigenvalue weighted by Crippen LogP contribution is -2.26. The Morgan fingerprint density at radius 3 is 1.78 bits per heavy atom. The lowest BCUT2D eigenvalue weighted by Gasteiger charge is -2.26. The van der Waals surface area contributed by atoms with Crippen LogP contribution in [0.25, 0.3) is 0 Å². The van der Waals surface area contributed by atoms with Gasteiger partial charge in [0, 0.05) is 42.5 Å². The molecule has 0 aliphatic rings. The monoisotopic (exact) mass is 503 g/mol. The topological polar surface area (TPSA) is 92.2 Å². The maximum Gasteiger partial charge on any atom is 0.334 e. The molecule has 0 N–H and O–H groups in total. The van der Waals surface area contributed by atoms with Crippen LogP contribution in [0, 0.1) is 0 Å². The Labute approximate surface area is 207 Å². The largest absolute Gasteiger partial charge is 0.497 e. The predicted molar refractivity (Wildman–Crippen MR) is 128 cm³/mol. The molecular weight excluding hydrogens is 476 g/mol. The highest BCUT2D eigenvalue weighted by atomic mass is 19.3.